The Morgan fingerprint density at radius 3 is 2.67 bits per heavy atom. The number of carbonyl (C=O) groups excluding carboxylic acids is 2. The summed E-state index contributed by atoms with van der Waals surface area (Å²) in [6.45, 7) is 2.12. The van der Waals surface area contributed by atoms with Crippen LogP contribution in [0, 0.1) is 12.8 Å². The Morgan fingerprint density at radius 2 is 2.00 bits per heavy atom. The van der Waals surface area contributed by atoms with Crippen molar-refractivity contribution in [1.82, 2.24) is 15.3 Å². The molecule has 1 saturated carbocycles. The van der Waals surface area contributed by atoms with Gasteiger partial charge in [-0.2, -0.15) is 0 Å². The fourth-order valence-corrected chi connectivity index (χ4v) is 5.09. The van der Waals surface area contributed by atoms with Crippen molar-refractivity contribution in [3.8, 4) is 11.5 Å². The first-order chi connectivity index (χ1) is 15.9. The van der Waals surface area contributed by atoms with E-state index in [0.717, 1.165) is 12.0 Å². The average Bonchev–Trinajstić information content (AvgIpc) is 3.43. The third kappa shape index (κ3) is 5.61. The van der Waals surface area contributed by atoms with Crippen LogP contribution in [0.1, 0.15) is 46.6 Å². The number of nitrogens with one attached hydrogen (secondary N) is 1. The van der Waals surface area contributed by atoms with Gasteiger partial charge in [0.25, 0.3) is 5.91 Å². The molecule has 1 aromatic carbocycles. The molecule has 4 rings (SSSR count). The molecular weight excluding hydrogens is 440 g/mol. The van der Waals surface area contributed by atoms with Crippen molar-refractivity contribution >= 4 is 21.8 Å². The Balaban J connectivity index is 1.38. The first-order valence-electron chi connectivity index (χ1n) is 10.8. The molecule has 1 aliphatic rings. The summed E-state index contributed by atoms with van der Waals surface area (Å²) in [5.74, 6) is 0.471. The van der Waals surface area contributed by atoms with Gasteiger partial charge in [0.1, 0.15) is 5.76 Å². The molecule has 172 valence electrons. The highest BCUT2D eigenvalue weighted by molar-refractivity contribution is 7.99. The molecule has 8 nitrogen and oxygen atoms in total. The number of amides is 1. The molecule has 3 N–H and O–H groups in total. The molecule has 2 heterocycles. The largest absolute Gasteiger partial charge is 0.441 e. The highest BCUT2D eigenvalue weighted by Gasteiger charge is 2.31. The van der Waals surface area contributed by atoms with E-state index in [4.69, 9.17) is 10.2 Å². The zero-order valence-electron chi connectivity index (χ0n) is 18.3. The van der Waals surface area contributed by atoms with E-state index in [1.807, 2.05) is 12.1 Å². The Bertz CT molecular complexity index is 1160. The molecule has 3 aromatic rings. The van der Waals surface area contributed by atoms with Crippen molar-refractivity contribution in [1.29, 1.82) is 0 Å². The highest BCUT2D eigenvalue weighted by Crippen LogP contribution is 2.28. The predicted octanol–water partition coefficient (Wildman–Crippen LogP) is 2.88. The van der Waals surface area contributed by atoms with Gasteiger partial charge in [-0.3, -0.25) is 18.8 Å². The molecule has 0 aliphatic heterocycles. The molecule has 0 radical (unpaired) electrons. The second-order valence-corrected chi connectivity index (χ2v) is 9.60. The molecule has 3 atom stereocenters. The van der Waals surface area contributed by atoms with Gasteiger partial charge in [-0.05, 0) is 62.1 Å². The number of rotatable bonds is 7. The summed E-state index contributed by atoms with van der Waals surface area (Å²) >= 11 is 0. The Hall–Kier alpha value is -3.17. The van der Waals surface area contributed by atoms with E-state index >= 15 is 0 Å². The summed E-state index contributed by atoms with van der Waals surface area (Å²) in [4.78, 5) is 33.3. The standard InChI is InChI=1S/C24H26N4O4S/c1-15-21(14-33(31)24(30)19-8-9-20(25)11-19)28-23(32-15)18-6-4-17(5-7-18)22(29)27-13-16-3-2-10-26-12-16/h2-7,10,12,19-20H,8-9,11,13-14,25H2,1H3,(H,27,29). The van der Waals surface area contributed by atoms with Crippen LogP contribution in [0.2, 0.25) is 0 Å². The van der Waals surface area contributed by atoms with E-state index in [-0.39, 0.29) is 28.7 Å². The molecule has 2 aromatic heterocycles. The lowest BCUT2D eigenvalue weighted by atomic mass is 10.1. The smallest absolute Gasteiger partial charge is 0.251 e. The molecule has 33 heavy (non-hydrogen) atoms. The maximum atomic E-state index is 12.6. The molecular formula is C24H26N4O4S. The Morgan fingerprint density at radius 1 is 1.21 bits per heavy atom. The lowest BCUT2D eigenvalue weighted by Gasteiger charge is -2.07. The van der Waals surface area contributed by atoms with E-state index in [9.17, 15) is 13.8 Å². The van der Waals surface area contributed by atoms with Crippen LogP contribution < -0.4 is 11.1 Å². The number of carbonyl (C=O) groups is 2. The number of pyridine rings is 1. The first-order valence-corrected chi connectivity index (χ1v) is 12.1. The third-order valence-corrected chi connectivity index (χ3v) is 7.08. The van der Waals surface area contributed by atoms with Gasteiger partial charge in [-0.1, -0.05) is 6.07 Å². The summed E-state index contributed by atoms with van der Waals surface area (Å²) in [5.41, 5.74) is 8.48. The van der Waals surface area contributed by atoms with E-state index in [2.05, 4.69) is 15.3 Å². The molecule has 0 spiro atoms. The molecule has 1 fully saturated rings. The minimum absolute atomic E-state index is 0.0109. The topological polar surface area (TPSA) is 128 Å². The van der Waals surface area contributed by atoms with Gasteiger partial charge in [0, 0.05) is 42.0 Å². The van der Waals surface area contributed by atoms with Crippen LogP contribution >= 0.6 is 0 Å². The van der Waals surface area contributed by atoms with Crippen LogP contribution in [-0.4, -0.2) is 31.2 Å². The zero-order chi connectivity index (χ0) is 23.4. The fourth-order valence-electron chi connectivity index (χ4n) is 3.85. The van der Waals surface area contributed by atoms with Gasteiger partial charge in [-0.25, -0.2) is 4.98 Å². The summed E-state index contributed by atoms with van der Waals surface area (Å²) in [5, 5.41) is 2.60. The van der Waals surface area contributed by atoms with E-state index in [0.29, 0.717) is 47.9 Å². The number of nitrogens with zero attached hydrogens (tertiary/aromatic N) is 2. The quantitative estimate of drug-likeness (QED) is 0.548. The van der Waals surface area contributed by atoms with Gasteiger partial charge in [-0.15, -0.1) is 0 Å². The van der Waals surface area contributed by atoms with Crippen LogP contribution in [0.4, 0.5) is 0 Å². The summed E-state index contributed by atoms with van der Waals surface area (Å²) in [6.07, 6.45) is 5.46. The van der Waals surface area contributed by atoms with Crippen molar-refractivity contribution in [3.05, 3.63) is 71.4 Å². The maximum Gasteiger partial charge on any atom is 0.251 e. The Kier molecular flexibility index (Phi) is 7.10. The van der Waals surface area contributed by atoms with Gasteiger partial charge < -0.3 is 15.5 Å². The predicted molar refractivity (Wildman–Crippen MR) is 124 cm³/mol. The number of hydrogen-bond acceptors (Lipinski definition) is 7. The van der Waals surface area contributed by atoms with Crippen molar-refractivity contribution < 1.29 is 18.2 Å². The van der Waals surface area contributed by atoms with Crippen LogP contribution in [0.25, 0.3) is 11.5 Å². The number of hydrogen-bond donors (Lipinski definition) is 2. The maximum absolute atomic E-state index is 12.6. The lowest BCUT2D eigenvalue weighted by molar-refractivity contribution is -0.114. The summed E-state index contributed by atoms with van der Waals surface area (Å²) < 4.78 is 18.3. The van der Waals surface area contributed by atoms with E-state index in [1.54, 1.807) is 43.6 Å². The zero-order valence-corrected chi connectivity index (χ0v) is 19.1. The van der Waals surface area contributed by atoms with Crippen molar-refractivity contribution in [3.63, 3.8) is 0 Å². The van der Waals surface area contributed by atoms with Crippen LogP contribution in [-0.2, 0) is 27.9 Å². The SMILES string of the molecule is Cc1oc(-c2ccc(C(=O)NCc3cccnc3)cc2)nc1CS(=O)C(=O)C1CCC(N)C1. The minimum Gasteiger partial charge on any atom is -0.441 e. The number of aromatic nitrogens is 2. The molecule has 9 heteroatoms. The van der Waals surface area contributed by atoms with Gasteiger partial charge in [0.15, 0.2) is 0 Å². The van der Waals surface area contributed by atoms with E-state index in [1.165, 1.54) is 0 Å². The second kappa shape index (κ2) is 10.2. The van der Waals surface area contributed by atoms with Gasteiger partial charge in [0.05, 0.1) is 22.2 Å². The van der Waals surface area contributed by atoms with Crippen LogP contribution in [0.5, 0.6) is 0 Å². The van der Waals surface area contributed by atoms with Crippen molar-refractivity contribution in [2.45, 2.75) is 44.5 Å². The first kappa shape index (κ1) is 23.0. The summed E-state index contributed by atoms with van der Waals surface area (Å²) in [6, 6.07) is 10.6. The van der Waals surface area contributed by atoms with Crippen molar-refractivity contribution in [2.24, 2.45) is 11.7 Å². The van der Waals surface area contributed by atoms with Crippen molar-refractivity contribution in [2.75, 3.05) is 0 Å². The average molecular weight is 467 g/mol. The van der Waals surface area contributed by atoms with Gasteiger partial charge >= 0.3 is 0 Å². The van der Waals surface area contributed by atoms with Crippen LogP contribution in [0.15, 0.2) is 53.2 Å². The number of benzene rings is 1. The monoisotopic (exact) mass is 466 g/mol. The molecule has 1 amide bonds. The second-order valence-electron chi connectivity index (χ2n) is 8.22. The molecule has 0 saturated heterocycles. The number of nitrogens with two attached hydrogens (primary N) is 1. The van der Waals surface area contributed by atoms with Gasteiger partial charge in [0.2, 0.25) is 11.0 Å². The molecule has 0 bridgehead atoms. The van der Waals surface area contributed by atoms with Crippen LogP contribution in [0.3, 0.4) is 0 Å². The Labute approximate surface area is 194 Å². The summed E-state index contributed by atoms with van der Waals surface area (Å²) in [7, 11) is -1.68. The normalized spacial score (nSPS) is 18.7. The third-order valence-electron chi connectivity index (χ3n) is 5.76. The highest BCUT2D eigenvalue weighted by atomic mass is 32.2. The number of aryl methyl sites for hydroxylation is 1. The minimum atomic E-state index is -1.68. The van der Waals surface area contributed by atoms with E-state index < -0.39 is 10.8 Å². The molecule has 3 unspecified atom stereocenters. The lowest BCUT2D eigenvalue weighted by Crippen LogP contribution is -2.22. The molecule has 1 aliphatic carbocycles. The fraction of sp³-hybridized carbons (Fsp3) is 0.333. The number of oxazole rings is 1.